The Hall–Kier alpha value is -1.96. The van der Waals surface area contributed by atoms with Gasteiger partial charge in [0.2, 0.25) is 0 Å². The summed E-state index contributed by atoms with van der Waals surface area (Å²) in [6, 6.07) is 7.63. The van der Waals surface area contributed by atoms with E-state index in [-0.39, 0.29) is 0 Å². The molecule has 2 heteroatoms. The van der Waals surface area contributed by atoms with Crippen LogP contribution in [0.25, 0.3) is 6.08 Å². The van der Waals surface area contributed by atoms with Gasteiger partial charge in [0.1, 0.15) is 11.5 Å². The van der Waals surface area contributed by atoms with Gasteiger partial charge in [0.15, 0.2) is 0 Å². The zero-order chi connectivity index (χ0) is 10.3. The molecule has 0 spiro atoms. The van der Waals surface area contributed by atoms with E-state index in [1.165, 1.54) is 0 Å². The summed E-state index contributed by atoms with van der Waals surface area (Å²) >= 11 is 0. The Morgan fingerprint density at radius 1 is 1.00 bits per heavy atom. The molecule has 2 aromatic heterocycles. The fourth-order valence-electron chi connectivity index (χ4n) is 1.23. The van der Waals surface area contributed by atoms with Crippen LogP contribution in [-0.2, 0) is 6.42 Å². The summed E-state index contributed by atoms with van der Waals surface area (Å²) in [6.07, 6.45) is 12.0. The Labute approximate surface area is 88.5 Å². The van der Waals surface area contributed by atoms with Gasteiger partial charge in [-0.2, -0.15) is 0 Å². The molecule has 0 amide bonds. The molecule has 2 rings (SSSR count). The van der Waals surface area contributed by atoms with Crippen molar-refractivity contribution in [2.45, 2.75) is 6.42 Å². The van der Waals surface area contributed by atoms with E-state index in [9.17, 15) is 0 Å². The number of rotatable bonds is 4. The standard InChI is InChI=1S/C13H12O2/c1(2-6-12-8-4-10-14-12)3-7-13-9-5-11-15-13/h1-6,8-11H,7H2. The molecule has 76 valence electrons. The van der Waals surface area contributed by atoms with Crippen LogP contribution >= 0.6 is 0 Å². The lowest BCUT2D eigenvalue weighted by molar-refractivity contribution is 0.523. The molecule has 0 aliphatic heterocycles. The smallest absolute Gasteiger partial charge is 0.126 e. The zero-order valence-corrected chi connectivity index (χ0v) is 8.30. The first-order valence-corrected chi connectivity index (χ1v) is 4.84. The average Bonchev–Trinajstić information content (AvgIpc) is 2.88. The average molecular weight is 200 g/mol. The number of hydrogen-bond donors (Lipinski definition) is 0. The molecule has 2 nitrogen and oxygen atoms in total. The van der Waals surface area contributed by atoms with Crippen LogP contribution in [0.3, 0.4) is 0 Å². The lowest BCUT2D eigenvalue weighted by Gasteiger charge is -1.85. The molecule has 0 radical (unpaired) electrons. The second kappa shape index (κ2) is 5.05. The van der Waals surface area contributed by atoms with E-state index >= 15 is 0 Å². The minimum Gasteiger partial charge on any atom is -0.469 e. The topological polar surface area (TPSA) is 26.3 Å². The Morgan fingerprint density at radius 2 is 1.87 bits per heavy atom. The van der Waals surface area contributed by atoms with Crippen molar-refractivity contribution in [2.24, 2.45) is 0 Å². The molecule has 0 bridgehead atoms. The molecule has 0 aliphatic carbocycles. The van der Waals surface area contributed by atoms with Gasteiger partial charge in [-0.25, -0.2) is 0 Å². The fraction of sp³-hybridized carbons (Fsp3) is 0.0769. The number of allylic oxidation sites excluding steroid dienone is 3. The summed E-state index contributed by atoms with van der Waals surface area (Å²) < 4.78 is 10.3. The van der Waals surface area contributed by atoms with Gasteiger partial charge in [0.05, 0.1) is 12.5 Å². The van der Waals surface area contributed by atoms with Gasteiger partial charge in [-0.3, -0.25) is 0 Å². The van der Waals surface area contributed by atoms with Crippen molar-refractivity contribution in [1.82, 2.24) is 0 Å². The Kier molecular flexibility index (Phi) is 3.23. The third-order valence-electron chi connectivity index (χ3n) is 1.95. The summed E-state index contributed by atoms with van der Waals surface area (Å²) in [6.45, 7) is 0. The van der Waals surface area contributed by atoms with E-state index in [1.807, 2.05) is 48.6 Å². The summed E-state index contributed by atoms with van der Waals surface area (Å²) in [5, 5.41) is 0. The van der Waals surface area contributed by atoms with Crippen molar-refractivity contribution in [2.75, 3.05) is 0 Å². The van der Waals surface area contributed by atoms with Crippen molar-refractivity contribution in [3.8, 4) is 0 Å². The molecule has 15 heavy (non-hydrogen) atoms. The van der Waals surface area contributed by atoms with Gasteiger partial charge in [-0.1, -0.05) is 18.2 Å². The monoisotopic (exact) mass is 200 g/mol. The van der Waals surface area contributed by atoms with Crippen LogP contribution in [0.1, 0.15) is 11.5 Å². The molecule has 0 saturated heterocycles. The van der Waals surface area contributed by atoms with Gasteiger partial charge in [-0.15, -0.1) is 0 Å². The van der Waals surface area contributed by atoms with Crippen molar-refractivity contribution in [1.29, 1.82) is 0 Å². The van der Waals surface area contributed by atoms with E-state index < -0.39 is 0 Å². The Bertz CT molecular complexity index is 419. The maximum atomic E-state index is 5.19. The van der Waals surface area contributed by atoms with Crippen LogP contribution in [-0.4, -0.2) is 0 Å². The lowest BCUT2D eigenvalue weighted by Crippen LogP contribution is -1.72. The highest BCUT2D eigenvalue weighted by molar-refractivity contribution is 5.44. The largest absolute Gasteiger partial charge is 0.469 e. The first-order chi connectivity index (χ1) is 7.45. The second-order valence-electron chi connectivity index (χ2n) is 3.09. The third-order valence-corrected chi connectivity index (χ3v) is 1.95. The van der Waals surface area contributed by atoms with E-state index in [4.69, 9.17) is 8.83 Å². The molecule has 0 aromatic carbocycles. The van der Waals surface area contributed by atoms with Crippen molar-refractivity contribution < 1.29 is 8.83 Å². The van der Waals surface area contributed by atoms with Crippen LogP contribution < -0.4 is 0 Å². The minimum atomic E-state index is 0.815. The zero-order valence-electron chi connectivity index (χ0n) is 8.30. The van der Waals surface area contributed by atoms with Crippen LogP contribution in [0.5, 0.6) is 0 Å². The number of hydrogen-bond acceptors (Lipinski definition) is 2. The van der Waals surface area contributed by atoms with Crippen LogP contribution in [0, 0.1) is 0 Å². The molecule has 0 saturated carbocycles. The van der Waals surface area contributed by atoms with E-state index in [2.05, 4.69) is 0 Å². The third kappa shape index (κ3) is 3.02. The van der Waals surface area contributed by atoms with E-state index in [0.717, 1.165) is 17.9 Å². The quantitative estimate of drug-likeness (QED) is 0.703. The Balaban J connectivity index is 1.81. The van der Waals surface area contributed by atoms with Crippen LogP contribution in [0.15, 0.2) is 63.9 Å². The first-order valence-electron chi connectivity index (χ1n) is 4.84. The fourth-order valence-corrected chi connectivity index (χ4v) is 1.23. The summed E-state index contributed by atoms with van der Waals surface area (Å²) in [7, 11) is 0. The number of furan rings is 2. The molecule has 0 fully saturated rings. The van der Waals surface area contributed by atoms with Gasteiger partial charge >= 0.3 is 0 Å². The predicted molar refractivity (Wildman–Crippen MR) is 59.3 cm³/mol. The summed E-state index contributed by atoms with van der Waals surface area (Å²) in [5.41, 5.74) is 0. The molecular formula is C13H12O2. The summed E-state index contributed by atoms with van der Waals surface area (Å²) in [5.74, 6) is 1.83. The lowest BCUT2D eigenvalue weighted by atomic mass is 10.3. The normalized spacial score (nSPS) is 11.7. The predicted octanol–water partition coefficient (Wildman–Crippen LogP) is 3.68. The van der Waals surface area contributed by atoms with Crippen LogP contribution in [0.2, 0.25) is 0 Å². The maximum Gasteiger partial charge on any atom is 0.126 e. The van der Waals surface area contributed by atoms with Gasteiger partial charge < -0.3 is 8.83 Å². The SMILES string of the molecule is C(C=Cc1ccco1)=CCc1ccco1. The first kappa shape index (κ1) is 9.59. The van der Waals surface area contributed by atoms with Gasteiger partial charge in [0, 0.05) is 6.42 Å². The highest BCUT2D eigenvalue weighted by Crippen LogP contribution is 2.03. The molecule has 0 aliphatic rings. The van der Waals surface area contributed by atoms with E-state index in [0.29, 0.717) is 0 Å². The molecule has 0 atom stereocenters. The second-order valence-corrected chi connectivity index (χ2v) is 3.09. The molecular weight excluding hydrogens is 188 g/mol. The molecule has 2 heterocycles. The molecule has 0 N–H and O–H groups in total. The molecule has 0 unspecified atom stereocenters. The van der Waals surface area contributed by atoms with E-state index in [1.54, 1.807) is 12.5 Å². The summed E-state index contributed by atoms with van der Waals surface area (Å²) in [4.78, 5) is 0. The highest BCUT2D eigenvalue weighted by Gasteiger charge is 1.88. The van der Waals surface area contributed by atoms with Crippen molar-refractivity contribution in [3.05, 3.63) is 66.5 Å². The highest BCUT2D eigenvalue weighted by atomic mass is 16.3. The minimum absolute atomic E-state index is 0.815. The van der Waals surface area contributed by atoms with Gasteiger partial charge in [0.25, 0.3) is 0 Å². The Morgan fingerprint density at radius 3 is 2.60 bits per heavy atom. The maximum absolute atomic E-state index is 5.19. The van der Waals surface area contributed by atoms with Crippen LogP contribution in [0.4, 0.5) is 0 Å². The van der Waals surface area contributed by atoms with Crippen molar-refractivity contribution in [3.63, 3.8) is 0 Å². The van der Waals surface area contributed by atoms with Gasteiger partial charge in [-0.05, 0) is 30.3 Å². The van der Waals surface area contributed by atoms with Crippen molar-refractivity contribution >= 4 is 6.08 Å². The molecule has 2 aromatic rings.